The van der Waals surface area contributed by atoms with Gasteiger partial charge in [0.2, 0.25) is 0 Å². The Hall–Kier alpha value is -0.530. The van der Waals surface area contributed by atoms with Crippen molar-refractivity contribution in [2.75, 3.05) is 7.11 Å². The van der Waals surface area contributed by atoms with E-state index in [9.17, 15) is 4.79 Å². The van der Waals surface area contributed by atoms with Gasteiger partial charge in [0, 0.05) is 0 Å². The Balaban J connectivity index is 2.72. The van der Waals surface area contributed by atoms with Crippen LogP contribution in [0.1, 0.15) is 40.0 Å². The molecule has 76 valence electrons. The maximum Gasteiger partial charge on any atom is 0.312 e. The first-order valence-corrected chi connectivity index (χ1v) is 5.15. The smallest absolute Gasteiger partial charge is 0.312 e. The Bertz CT molecular complexity index is 192. The van der Waals surface area contributed by atoms with Crippen LogP contribution in [0.15, 0.2) is 0 Å². The van der Waals surface area contributed by atoms with Gasteiger partial charge in [-0.15, -0.1) is 0 Å². The molecular weight excluding hydrogens is 164 g/mol. The molecule has 2 heteroatoms. The van der Waals surface area contributed by atoms with Gasteiger partial charge in [0.1, 0.15) is 0 Å². The van der Waals surface area contributed by atoms with Gasteiger partial charge in [-0.3, -0.25) is 4.79 Å². The summed E-state index contributed by atoms with van der Waals surface area (Å²) in [4.78, 5) is 11.6. The molecule has 0 N–H and O–H groups in total. The molecule has 0 aliphatic heterocycles. The van der Waals surface area contributed by atoms with Crippen LogP contribution in [-0.2, 0) is 9.53 Å². The summed E-state index contributed by atoms with van der Waals surface area (Å²) in [5.41, 5.74) is -0.150. The van der Waals surface area contributed by atoms with Crippen LogP contribution in [-0.4, -0.2) is 13.1 Å². The quantitative estimate of drug-likeness (QED) is 0.630. The van der Waals surface area contributed by atoms with Crippen molar-refractivity contribution >= 4 is 5.97 Å². The van der Waals surface area contributed by atoms with Crippen molar-refractivity contribution in [3.05, 3.63) is 0 Å². The van der Waals surface area contributed by atoms with Crippen molar-refractivity contribution in [1.29, 1.82) is 0 Å². The molecule has 0 aromatic rings. The van der Waals surface area contributed by atoms with Gasteiger partial charge < -0.3 is 4.74 Å². The number of ether oxygens (including phenoxy) is 1. The van der Waals surface area contributed by atoms with Gasteiger partial charge in [0.25, 0.3) is 0 Å². The number of carbonyl (C=O) groups excluding carboxylic acids is 1. The van der Waals surface area contributed by atoms with Gasteiger partial charge in [-0.2, -0.15) is 0 Å². The number of carbonyl (C=O) groups is 1. The van der Waals surface area contributed by atoms with Crippen LogP contribution in [0, 0.1) is 17.3 Å². The Morgan fingerprint density at radius 3 is 2.46 bits per heavy atom. The summed E-state index contributed by atoms with van der Waals surface area (Å²) in [6, 6.07) is 0. The second-order valence-electron chi connectivity index (χ2n) is 4.47. The average molecular weight is 184 g/mol. The molecule has 13 heavy (non-hydrogen) atoms. The fourth-order valence-corrected chi connectivity index (χ4v) is 2.55. The van der Waals surface area contributed by atoms with E-state index < -0.39 is 0 Å². The highest BCUT2D eigenvalue weighted by atomic mass is 16.5. The van der Waals surface area contributed by atoms with Crippen LogP contribution in [0.25, 0.3) is 0 Å². The lowest BCUT2D eigenvalue weighted by Crippen LogP contribution is -2.48. The van der Waals surface area contributed by atoms with Crippen LogP contribution in [0.5, 0.6) is 0 Å². The summed E-state index contributed by atoms with van der Waals surface area (Å²) in [5, 5.41) is 0. The fourth-order valence-electron chi connectivity index (χ4n) is 2.55. The number of rotatable bonds is 3. The number of methoxy groups -OCH3 is 1. The molecule has 1 fully saturated rings. The van der Waals surface area contributed by atoms with Gasteiger partial charge in [0.05, 0.1) is 12.5 Å². The highest BCUT2D eigenvalue weighted by Crippen LogP contribution is 2.52. The van der Waals surface area contributed by atoms with Crippen LogP contribution in [0.2, 0.25) is 0 Å². The first-order valence-electron chi connectivity index (χ1n) is 5.15. The number of hydrogen-bond donors (Lipinski definition) is 0. The molecule has 0 heterocycles. The molecule has 0 aromatic heterocycles. The molecule has 1 saturated carbocycles. The first-order chi connectivity index (χ1) is 6.06. The topological polar surface area (TPSA) is 26.3 Å². The van der Waals surface area contributed by atoms with E-state index in [1.807, 2.05) is 0 Å². The predicted octanol–water partition coefficient (Wildman–Crippen LogP) is 2.62. The Morgan fingerprint density at radius 2 is 2.15 bits per heavy atom. The molecule has 1 unspecified atom stereocenters. The lowest BCUT2D eigenvalue weighted by molar-refractivity contribution is -0.167. The van der Waals surface area contributed by atoms with Gasteiger partial charge in [0.15, 0.2) is 0 Å². The zero-order chi connectivity index (χ0) is 10.1. The van der Waals surface area contributed by atoms with Crippen molar-refractivity contribution in [1.82, 2.24) is 0 Å². The maximum atomic E-state index is 11.6. The minimum atomic E-state index is -0.150. The molecule has 0 radical (unpaired) electrons. The minimum absolute atomic E-state index is 0.0000463. The second-order valence-corrected chi connectivity index (χ2v) is 4.47. The summed E-state index contributed by atoms with van der Waals surface area (Å²) in [5.74, 6) is 1.14. The van der Waals surface area contributed by atoms with Crippen molar-refractivity contribution in [2.45, 2.75) is 40.0 Å². The molecule has 0 spiro atoms. The van der Waals surface area contributed by atoms with E-state index >= 15 is 0 Å². The lowest BCUT2D eigenvalue weighted by atomic mass is 9.56. The van der Waals surface area contributed by atoms with E-state index in [0.717, 1.165) is 19.3 Å². The summed E-state index contributed by atoms with van der Waals surface area (Å²) < 4.78 is 4.89. The molecule has 1 rings (SSSR count). The van der Waals surface area contributed by atoms with Crippen LogP contribution < -0.4 is 0 Å². The fraction of sp³-hybridized carbons (Fsp3) is 0.909. The highest BCUT2D eigenvalue weighted by Gasteiger charge is 2.52. The van der Waals surface area contributed by atoms with E-state index in [2.05, 4.69) is 20.8 Å². The summed E-state index contributed by atoms with van der Waals surface area (Å²) in [7, 11) is 1.50. The summed E-state index contributed by atoms with van der Waals surface area (Å²) in [6.45, 7) is 6.49. The van der Waals surface area contributed by atoms with E-state index in [-0.39, 0.29) is 11.4 Å². The van der Waals surface area contributed by atoms with Crippen molar-refractivity contribution in [3.8, 4) is 0 Å². The SMILES string of the molecule is CCC(C)C1(C(=O)OC)CC(C)C1. The van der Waals surface area contributed by atoms with E-state index in [1.54, 1.807) is 0 Å². The van der Waals surface area contributed by atoms with E-state index in [4.69, 9.17) is 4.74 Å². The molecule has 0 bridgehead atoms. The summed E-state index contributed by atoms with van der Waals surface area (Å²) in [6.07, 6.45) is 3.07. The molecular formula is C11H20O2. The molecule has 0 aromatic carbocycles. The van der Waals surface area contributed by atoms with E-state index in [1.165, 1.54) is 7.11 Å². The third-order valence-electron chi connectivity index (χ3n) is 3.57. The molecule has 0 amide bonds. The zero-order valence-corrected chi connectivity index (χ0v) is 9.09. The monoisotopic (exact) mass is 184 g/mol. The standard InChI is InChI=1S/C11H20O2/c1-5-9(3)11(10(12)13-4)6-8(2)7-11/h8-9H,5-7H2,1-4H3. The van der Waals surface area contributed by atoms with Crippen molar-refractivity contribution in [2.24, 2.45) is 17.3 Å². The lowest BCUT2D eigenvalue weighted by Gasteiger charge is -2.47. The second kappa shape index (κ2) is 3.69. The van der Waals surface area contributed by atoms with Crippen molar-refractivity contribution in [3.63, 3.8) is 0 Å². The molecule has 1 aliphatic rings. The minimum Gasteiger partial charge on any atom is -0.469 e. The Morgan fingerprint density at radius 1 is 1.62 bits per heavy atom. The molecule has 1 atom stereocenters. The molecule has 2 nitrogen and oxygen atoms in total. The average Bonchev–Trinajstić information content (AvgIpc) is 2.09. The summed E-state index contributed by atoms with van der Waals surface area (Å²) >= 11 is 0. The van der Waals surface area contributed by atoms with Gasteiger partial charge in [-0.1, -0.05) is 27.2 Å². The van der Waals surface area contributed by atoms with E-state index in [0.29, 0.717) is 11.8 Å². The molecule has 0 saturated heterocycles. The van der Waals surface area contributed by atoms with Gasteiger partial charge in [-0.05, 0) is 24.7 Å². The molecule has 1 aliphatic carbocycles. The van der Waals surface area contributed by atoms with Crippen LogP contribution >= 0.6 is 0 Å². The zero-order valence-electron chi connectivity index (χ0n) is 9.09. The normalized spacial score (nSPS) is 34.9. The first kappa shape index (κ1) is 10.6. The van der Waals surface area contributed by atoms with Gasteiger partial charge >= 0.3 is 5.97 Å². The predicted molar refractivity (Wildman–Crippen MR) is 52.3 cm³/mol. The van der Waals surface area contributed by atoms with Crippen molar-refractivity contribution < 1.29 is 9.53 Å². The van der Waals surface area contributed by atoms with Crippen LogP contribution in [0.3, 0.4) is 0 Å². The Kier molecular flexibility index (Phi) is 2.99. The largest absolute Gasteiger partial charge is 0.469 e. The maximum absolute atomic E-state index is 11.6. The van der Waals surface area contributed by atoms with Gasteiger partial charge in [-0.25, -0.2) is 0 Å². The highest BCUT2D eigenvalue weighted by molar-refractivity contribution is 5.78. The number of hydrogen-bond acceptors (Lipinski definition) is 2. The number of esters is 1. The Labute approximate surface area is 80.7 Å². The third kappa shape index (κ3) is 1.59. The van der Waals surface area contributed by atoms with Crippen LogP contribution in [0.4, 0.5) is 0 Å². The third-order valence-corrected chi connectivity index (χ3v) is 3.57.